The van der Waals surface area contributed by atoms with Crippen LogP contribution < -0.4 is 0 Å². The third-order valence-corrected chi connectivity index (χ3v) is 8.63. The molecule has 0 fully saturated rings. The SMILES string of the molecule is CCCCCCCCCCCCCCCCCCCCCCCCCCCCCCCCC[C](=O)[Na].O=S(=O)(O)O. The van der Waals surface area contributed by atoms with Gasteiger partial charge in [0, 0.05) is 0 Å². The van der Waals surface area contributed by atoms with E-state index >= 15 is 0 Å². The Labute approximate surface area is 274 Å². The fourth-order valence-electron chi connectivity index (χ4n) is 5.57. The van der Waals surface area contributed by atoms with Crippen LogP contribution in [0.25, 0.3) is 0 Å². The Balaban J connectivity index is 0. The largest absolute Gasteiger partial charge is 0.394 e. The molecule has 0 amide bonds. The van der Waals surface area contributed by atoms with Gasteiger partial charge in [-0.3, -0.25) is 9.11 Å². The molecule has 0 aromatic carbocycles. The van der Waals surface area contributed by atoms with Gasteiger partial charge in [-0.2, -0.15) is 8.42 Å². The zero-order valence-corrected chi connectivity index (χ0v) is 30.5. The molecule has 0 spiro atoms. The summed E-state index contributed by atoms with van der Waals surface area (Å²) in [4.78, 5) is 11.0. The number of carbonyl (C=O) groups is 1. The van der Waals surface area contributed by atoms with Gasteiger partial charge in [0.2, 0.25) is 0 Å². The molecular weight excluding hydrogens is 543 g/mol. The van der Waals surface area contributed by atoms with Crippen LogP contribution in [0.15, 0.2) is 0 Å². The summed E-state index contributed by atoms with van der Waals surface area (Å²) in [5, 5.41) is 0. The van der Waals surface area contributed by atoms with E-state index in [-0.39, 0.29) is 0 Å². The van der Waals surface area contributed by atoms with E-state index in [1.165, 1.54) is 193 Å². The number of unbranched alkanes of at least 4 members (excludes halogenated alkanes) is 30. The Morgan fingerprint density at radius 3 is 0.707 bits per heavy atom. The van der Waals surface area contributed by atoms with E-state index in [0.717, 1.165) is 40.8 Å². The van der Waals surface area contributed by atoms with Crippen LogP contribution in [0.3, 0.4) is 0 Å². The van der Waals surface area contributed by atoms with Crippen molar-refractivity contribution in [1.29, 1.82) is 0 Å². The Morgan fingerprint density at radius 1 is 0.415 bits per heavy atom. The predicted molar refractivity (Wildman–Crippen MR) is 178 cm³/mol. The van der Waals surface area contributed by atoms with Crippen LogP contribution in [0, 0.1) is 0 Å². The minimum absolute atomic E-state index is 0.491. The van der Waals surface area contributed by atoms with E-state index in [1.807, 2.05) is 0 Å². The van der Waals surface area contributed by atoms with E-state index < -0.39 is 10.4 Å². The molecule has 0 atom stereocenters. The van der Waals surface area contributed by atoms with Crippen molar-refractivity contribution in [3.63, 3.8) is 0 Å². The monoisotopic (exact) mass is 612 g/mol. The zero-order valence-electron chi connectivity index (χ0n) is 27.7. The van der Waals surface area contributed by atoms with Gasteiger partial charge in [-0.1, -0.05) is 142 Å². The molecule has 0 bridgehead atoms. The molecule has 5 nitrogen and oxygen atoms in total. The van der Waals surface area contributed by atoms with Crippen LogP contribution in [0.4, 0.5) is 0 Å². The van der Waals surface area contributed by atoms with Gasteiger partial charge in [0.05, 0.1) is 0 Å². The van der Waals surface area contributed by atoms with Crippen molar-refractivity contribution in [2.45, 2.75) is 212 Å². The van der Waals surface area contributed by atoms with Crippen molar-refractivity contribution in [3.05, 3.63) is 0 Å². The van der Waals surface area contributed by atoms with Gasteiger partial charge in [0.1, 0.15) is 0 Å². The fourth-order valence-corrected chi connectivity index (χ4v) is 5.93. The van der Waals surface area contributed by atoms with Gasteiger partial charge < -0.3 is 0 Å². The summed E-state index contributed by atoms with van der Waals surface area (Å²) in [7, 11) is -4.67. The summed E-state index contributed by atoms with van der Waals surface area (Å²) in [6.07, 6.45) is 45.6. The molecule has 0 rings (SSSR count). The molecule has 0 radical (unpaired) electrons. The Hall–Kier alpha value is 0.540. The van der Waals surface area contributed by atoms with Gasteiger partial charge in [0.25, 0.3) is 0 Å². The summed E-state index contributed by atoms with van der Waals surface area (Å²) in [5.41, 5.74) is 0. The van der Waals surface area contributed by atoms with Crippen LogP contribution in [0.2, 0.25) is 0 Å². The van der Waals surface area contributed by atoms with Crippen LogP contribution in [0.5, 0.6) is 0 Å². The van der Waals surface area contributed by atoms with E-state index in [9.17, 15) is 4.79 Å². The Kier molecular flexibility index (Phi) is 39.1. The second-order valence-corrected chi connectivity index (χ2v) is 14.5. The molecule has 2 N–H and O–H groups in total. The molecule has 0 aromatic rings. The van der Waals surface area contributed by atoms with E-state index in [0.29, 0.717) is 3.03 Å². The Morgan fingerprint density at radius 2 is 0.561 bits per heavy atom. The minimum Gasteiger partial charge on any atom is -0.264 e. The second kappa shape index (κ2) is 36.7. The quantitative estimate of drug-likeness (QED) is 0.0448. The number of hydrogen-bond acceptors (Lipinski definition) is 3. The van der Waals surface area contributed by atoms with Crippen LogP contribution in [-0.2, 0) is 15.2 Å². The fraction of sp³-hybridized carbons (Fsp3) is 0.971. The summed E-state index contributed by atoms with van der Waals surface area (Å²) in [6.45, 7) is 2.30. The van der Waals surface area contributed by atoms with E-state index in [1.54, 1.807) is 0 Å². The van der Waals surface area contributed by atoms with Crippen molar-refractivity contribution < 1.29 is 22.3 Å². The van der Waals surface area contributed by atoms with Crippen molar-refractivity contribution in [2.75, 3.05) is 0 Å². The molecule has 0 saturated carbocycles. The van der Waals surface area contributed by atoms with Crippen molar-refractivity contribution >= 4 is 41.4 Å². The van der Waals surface area contributed by atoms with E-state index in [2.05, 4.69) is 6.92 Å². The first-order chi connectivity index (χ1) is 19.8. The molecule has 0 aliphatic carbocycles. The standard InChI is InChI=1S/C34H67O.Na.H2O4S/c1-2-3-4-5-6-7-8-9-10-11-12-13-14-15-16-17-18-19-20-21-22-23-24-25-26-27-28-29-30-31-32-33-34-35;;1-5(2,3)4/h2-33H2,1H3;;(H2,1,2,3,4). The number of hydrogen-bond donors (Lipinski definition) is 2. The third-order valence-electron chi connectivity index (χ3n) is 8.13. The molecule has 242 valence electrons. The molecule has 0 aromatic heterocycles. The first-order valence-corrected chi connectivity index (χ1v) is 20.4. The minimum atomic E-state index is -4.67. The molecule has 0 aliphatic rings. The maximum atomic E-state index is 11.0. The normalized spacial score (nSPS) is 11.4. The zero-order chi connectivity index (χ0) is 30.7. The third kappa shape index (κ3) is 53.5. The summed E-state index contributed by atoms with van der Waals surface area (Å²) < 4.78 is 32.1. The first kappa shape index (κ1) is 43.7. The summed E-state index contributed by atoms with van der Waals surface area (Å²) >= 11 is 0.751. The van der Waals surface area contributed by atoms with Crippen molar-refractivity contribution in [2.24, 2.45) is 0 Å². The molecule has 0 saturated heterocycles. The van der Waals surface area contributed by atoms with Gasteiger partial charge in [0.15, 0.2) is 0 Å². The molecule has 0 aliphatic heterocycles. The van der Waals surface area contributed by atoms with Gasteiger partial charge in [-0.05, 0) is 0 Å². The maximum absolute atomic E-state index is 11.0. The number of rotatable bonds is 32. The second-order valence-electron chi connectivity index (χ2n) is 12.5. The first-order valence-electron chi connectivity index (χ1n) is 18.0. The van der Waals surface area contributed by atoms with Crippen molar-refractivity contribution in [1.82, 2.24) is 0 Å². The number of carbonyl (C=O) groups excluding carboxylic acids is 1. The van der Waals surface area contributed by atoms with Crippen LogP contribution in [0.1, 0.15) is 212 Å². The van der Waals surface area contributed by atoms with Gasteiger partial charge in [-0.15, -0.1) is 0 Å². The molecule has 0 heterocycles. The van der Waals surface area contributed by atoms with Crippen molar-refractivity contribution in [3.8, 4) is 0 Å². The summed E-state index contributed by atoms with van der Waals surface area (Å²) in [6, 6.07) is 0. The summed E-state index contributed by atoms with van der Waals surface area (Å²) in [5.74, 6) is 0. The topological polar surface area (TPSA) is 91.7 Å². The van der Waals surface area contributed by atoms with Crippen LogP contribution >= 0.6 is 0 Å². The molecule has 7 heteroatoms. The van der Waals surface area contributed by atoms with Gasteiger partial charge in [-0.25, -0.2) is 0 Å². The maximum Gasteiger partial charge on any atom is 0.394 e. The predicted octanol–water partition coefficient (Wildman–Crippen LogP) is 11.5. The molecule has 0 unspecified atom stereocenters. The average molecular weight is 613 g/mol. The molecule has 41 heavy (non-hydrogen) atoms. The Bertz CT molecular complexity index is 604. The average Bonchev–Trinajstić information content (AvgIpc) is 2.90. The molecular formula is C34H69NaO5S. The van der Waals surface area contributed by atoms with Gasteiger partial charge >= 0.3 is 117 Å². The smallest absolute Gasteiger partial charge is 0.264 e. The van der Waals surface area contributed by atoms with Crippen LogP contribution in [-0.4, -0.2) is 48.5 Å². The van der Waals surface area contributed by atoms with E-state index in [4.69, 9.17) is 17.5 Å².